The van der Waals surface area contributed by atoms with Gasteiger partial charge in [-0.05, 0) is 36.2 Å². The number of hydrogen-bond acceptors (Lipinski definition) is 6. The van der Waals surface area contributed by atoms with Gasteiger partial charge in [0, 0.05) is 5.56 Å². The topological polar surface area (TPSA) is 75.3 Å². The summed E-state index contributed by atoms with van der Waals surface area (Å²) in [5.74, 6) is 2.28. The number of carbonyl (C=O) groups is 1. The molecule has 0 spiro atoms. The zero-order chi connectivity index (χ0) is 20.7. The van der Waals surface area contributed by atoms with Crippen LogP contribution in [0.4, 0.5) is 0 Å². The largest absolute Gasteiger partial charge is 0.493 e. The lowest BCUT2D eigenvalue weighted by Gasteiger charge is -2.20. The summed E-state index contributed by atoms with van der Waals surface area (Å²) in [6, 6.07) is 8.64. The maximum absolute atomic E-state index is 12.9. The number of amides is 1. The molecule has 0 unspecified atom stereocenters. The molecule has 152 valence electrons. The van der Waals surface area contributed by atoms with E-state index in [2.05, 4.69) is 5.32 Å². The molecule has 2 rings (SSSR count). The molecule has 0 saturated heterocycles. The number of hydrogen-bond donors (Lipinski definition) is 1. The number of carbonyl (C=O) groups excluding carboxylic acids is 1. The minimum absolute atomic E-state index is 0.202. The first kappa shape index (κ1) is 21.2. The van der Waals surface area contributed by atoms with Crippen molar-refractivity contribution >= 4 is 5.91 Å². The Morgan fingerprint density at radius 1 is 0.821 bits per heavy atom. The van der Waals surface area contributed by atoms with Gasteiger partial charge in [0.25, 0.3) is 5.91 Å². The van der Waals surface area contributed by atoms with Crippen molar-refractivity contribution in [2.24, 2.45) is 0 Å². The van der Waals surface area contributed by atoms with Gasteiger partial charge in [0.1, 0.15) is 0 Å². The molecular formula is C21H27NO6. The Hall–Kier alpha value is -3.09. The maximum atomic E-state index is 12.9. The highest BCUT2D eigenvalue weighted by atomic mass is 16.5. The second-order valence-corrected chi connectivity index (χ2v) is 5.96. The number of methoxy groups -OCH3 is 5. The molecule has 7 nitrogen and oxygen atoms in total. The lowest BCUT2D eigenvalue weighted by Crippen LogP contribution is -2.28. The third kappa shape index (κ3) is 4.42. The van der Waals surface area contributed by atoms with Crippen LogP contribution in [0.3, 0.4) is 0 Å². The fourth-order valence-corrected chi connectivity index (χ4v) is 2.94. The van der Waals surface area contributed by atoms with Crippen LogP contribution in [-0.2, 0) is 0 Å². The molecule has 2 aromatic carbocycles. The van der Waals surface area contributed by atoms with E-state index in [0.717, 1.165) is 5.56 Å². The summed E-state index contributed by atoms with van der Waals surface area (Å²) in [5.41, 5.74) is 1.33. The minimum Gasteiger partial charge on any atom is -0.493 e. The smallest absolute Gasteiger partial charge is 0.252 e. The fraction of sp³-hybridized carbons (Fsp3) is 0.381. The molecular weight excluding hydrogens is 362 g/mol. The van der Waals surface area contributed by atoms with Gasteiger partial charge in [-0.3, -0.25) is 4.79 Å². The highest BCUT2D eigenvalue weighted by Crippen LogP contribution is 2.38. The lowest BCUT2D eigenvalue weighted by atomic mass is 10.0. The van der Waals surface area contributed by atoms with Crippen molar-refractivity contribution in [3.05, 3.63) is 41.5 Å². The molecule has 0 heterocycles. The molecule has 28 heavy (non-hydrogen) atoms. The molecule has 0 bridgehead atoms. The zero-order valence-corrected chi connectivity index (χ0v) is 17.1. The van der Waals surface area contributed by atoms with E-state index in [1.807, 2.05) is 25.1 Å². The van der Waals surface area contributed by atoms with Crippen molar-refractivity contribution in [3.63, 3.8) is 0 Å². The Kier molecular flexibility index (Phi) is 7.37. The number of ether oxygens (including phenoxy) is 5. The summed E-state index contributed by atoms with van der Waals surface area (Å²) >= 11 is 0. The molecule has 0 fully saturated rings. The zero-order valence-electron chi connectivity index (χ0n) is 17.1. The Bertz CT molecular complexity index is 796. The van der Waals surface area contributed by atoms with Gasteiger partial charge in [-0.25, -0.2) is 0 Å². The number of nitrogens with one attached hydrogen (secondary N) is 1. The summed E-state index contributed by atoms with van der Waals surface area (Å²) in [6.07, 6.45) is 0.700. The molecule has 0 aliphatic carbocycles. The highest BCUT2D eigenvalue weighted by molar-refractivity contribution is 5.96. The average molecular weight is 389 g/mol. The fourth-order valence-electron chi connectivity index (χ4n) is 2.94. The summed E-state index contributed by atoms with van der Waals surface area (Å²) < 4.78 is 26.6. The Labute approximate surface area is 165 Å². The van der Waals surface area contributed by atoms with E-state index in [1.54, 1.807) is 26.4 Å². The van der Waals surface area contributed by atoms with E-state index in [1.165, 1.54) is 21.3 Å². The molecule has 7 heteroatoms. The molecule has 0 aliphatic rings. The lowest BCUT2D eigenvalue weighted by molar-refractivity contribution is 0.0934. The van der Waals surface area contributed by atoms with Crippen LogP contribution in [0.15, 0.2) is 30.3 Å². The Morgan fingerprint density at radius 2 is 1.39 bits per heavy atom. The van der Waals surface area contributed by atoms with Crippen molar-refractivity contribution in [1.29, 1.82) is 0 Å². The molecule has 0 aliphatic heterocycles. The monoisotopic (exact) mass is 389 g/mol. The van der Waals surface area contributed by atoms with Crippen LogP contribution in [0.25, 0.3) is 0 Å². The van der Waals surface area contributed by atoms with Gasteiger partial charge in [0.15, 0.2) is 23.0 Å². The van der Waals surface area contributed by atoms with Crippen molar-refractivity contribution in [1.82, 2.24) is 5.32 Å². The Balaban J connectivity index is 2.32. The predicted octanol–water partition coefficient (Wildman–Crippen LogP) is 3.61. The molecule has 0 radical (unpaired) electrons. The van der Waals surface area contributed by atoms with Crippen LogP contribution in [-0.4, -0.2) is 41.5 Å². The quantitative estimate of drug-likeness (QED) is 0.706. The van der Waals surface area contributed by atoms with Gasteiger partial charge in [-0.2, -0.15) is 0 Å². The van der Waals surface area contributed by atoms with Crippen molar-refractivity contribution in [2.75, 3.05) is 35.5 Å². The van der Waals surface area contributed by atoms with Crippen LogP contribution in [0, 0.1) is 0 Å². The Morgan fingerprint density at radius 3 is 1.86 bits per heavy atom. The predicted molar refractivity (Wildman–Crippen MR) is 106 cm³/mol. The van der Waals surface area contributed by atoms with E-state index in [-0.39, 0.29) is 11.9 Å². The minimum atomic E-state index is -0.249. The van der Waals surface area contributed by atoms with Crippen LogP contribution < -0.4 is 29.0 Å². The van der Waals surface area contributed by atoms with E-state index in [9.17, 15) is 4.79 Å². The molecule has 1 N–H and O–H groups in total. The van der Waals surface area contributed by atoms with E-state index in [4.69, 9.17) is 23.7 Å². The molecule has 0 saturated carbocycles. The van der Waals surface area contributed by atoms with Crippen molar-refractivity contribution in [2.45, 2.75) is 19.4 Å². The van der Waals surface area contributed by atoms with Gasteiger partial charge in [0.05, 0.1) is 41.6 Å². The SMILES string of the molecule is CC[C@H](NC(=O)c1cc(OC)c(OC)c(OC)c1)c1ccc(OC)c(OC)c1. The summed E-state index contributed by atoms with van der Waals surface area (Å²) in [7, 11) is 7.71. The molecule has 1 atom stereocenters. The third-order valence-electron chi connectivity index (χ3n) is 4.45. The first-order valence-electron chi connectivity index (χ1n) is 8.85. The van der Waals surface area contributed by atoms with E-state index in [0.29, 0.717) is 40.7 Å². The van der Waals surface area contributed by atoms with Gasteiger partial charge < -0.3 is 29.0 Å². The summed E-state index contributed by atoms with van der Waals surface area (Å²) in [6.45, 7) is 2.00. The standard InChI is InChI=1S/C21H27NO6/c1-7-15(13-8-9-16(24-2)17(10-13)25-3)22-21(23)14-11-18(26-4)20(28-6)19(12-14)27-5/h8-12,15H,7H2,1-6H3,(H,22,23)/t15-/m0/s1. The van der Waals surface area contributed by atoms with Gasteiger partial charge >= 0.3 is 0 Å². The van der Waals surface area contributed by atoms with Crippen LogP contribution >= 0.6 is 0 Å². The van der Waals surface area contributed by atoms with Crippen LogP contribution in [0.1, 0.15) is 35.3 Å². The molecule has 1 amide bonds. The van der Waals surface area contributed by atoms with Gasteiger partial charge in [0.2, 0.25) is 5.75 Å². The van der Waals surface area contributed by atoms with Crippen molar-refractivity contribution in [3.8, 4) is 28.7 Å². The van der Waals surface area contributed by atoms with E-state index >= 15 is 0 Å². The second kappa shape index (κ2) is 9.73. The molecule has 2 aromatic rings. The van der Waals surface area contributed by atoms with Gasteiger partial charge in [-0.15, -0.1) is 0 Å². The van der Waals surface area contributed by atoms with E-state index < -0.39 is 0 Å². The molecule has 0 aromatic heterocycles. The first-order chi connectivity index (χ1) is 13.5. The number of benzene rings is 2. The van der Waals surface area contributed by atoms with Crippen LogP contribution in [0.2, 0.25) is 0 Å². The van der Waals surface area contributed by atoms with Gasteiger partial charge in [-0.1, -0.05) is 13.0 Å². The maximum Gasteiger partial charge on any atom is 0.252 e. The highest BCUT2D eigenvalue weighted by Gasteiger charge is 2.20. The normalized spacial score (nSPS) is 11.4. The van der Waals surface area contributed by atoms with Crippen LogP contribution in [0.5, 0.6) is 28.7 Å². The summed E-state index contributed by atoms with van der Waals surface area (Å²) in [5, 5.41) is 3.04. The first-order valence-corrected chi connectivity index (χ1v) is 8.85. The third-order valence-corrected chi connectivity index (χ3v) is 4.45. The average Bonchev–Trinajstić information content (AvgIpc) is 2.75. The number of rotatable bonds is 9. The summed E-state index contributed by atoms with van der Waals surface area (Å²) in [4.78, 5) is 12.9. The van der Waals surface area contributed by atoms with Crippen molar-refractivity contribution < 1.29 is 28.5 Å². The second-order valence-electron chi connectivity index (χ2n) is 5.96.